The predicted molar refractivity (Wildman–Crippen MR) is 153 cm³/mol. The van der Waals surface area contributed by atoms with E-state index in [-0.39, 0.29) is 34.8 Å². The van der Waals surface area contributed by atoms with Crippen molar-refractivity contribution in [2.24, 2.45) is 0 Å². The number of ether oxygens (including phenoxy) is 3. The van der Waals surface area contributed by atoms with Crippen LogP contribution in [0.4, 0.5) is 11.4 Å². The number of benzene rings is 3. The third-order valence-electron chi connectivity index (χ3n) is 6.41. The maximum atomic E-state index is 13.5. The quantitative estimate of drug-likeness (QED) is 0.251. The molecule has 0 saturated heterocycles. The summed E-state index contributed by atoms with van der Waals surface area (Å²) in [5.41, 5.74) is 3.88. The summed E-state index contributed by atoms with van der Waals surface area (Å²) in [6.45, 7) is 2.61. The fourth-order valence-corrected chi connectivity index (χ4v) is 5.78. The Morgan fingerprint density at radius 2 is 1.65 bits per heavy atom. The molecule has 4 rings (SSSR count). The molecule has 0 unspecified atom stereocenters. The molecule has 1 aliphatic heterocycles. The summed E-state index contributed by atoms with van der Waals surface area (Å²) >= 11 is 0. The molecule has 0 atom stereocenters. The molecule has 1 amide bonds. The van der Waals surface area contributed by atoms with Crippen molar-refractivity contribution in [2.75, 3.05) is 55.3 Å². The highest BCUT2D eigenvalue weighted by Gasteiger charge is 2.27. The number of carbonyl (C=O) groups is 1. The number of sulfonamides is 1. The number of sulfone groups is 1. The Kier molecular flexibility index (Phi) is 9.14. The maximum absolute atomic E-state index is 13.5. The van der Waals surface area contributed by atoms with Gasteiger partial charge in [-0.1, -0.05) is 31.2 Å². The number of rotatable bonds is 12. The van der Waals surface area contributed by atoms with Gasteiger partial charge < -0.3 is 19.1 Å². The van der Waals surface area contributed by atoms with Gasteiger partial charge in [0.05, 0.1) is 35.8 Å². The van der Waals surface area contributed by atoms with Gasteiger partial charge in [0.1, 0.15) is 5.75 Å². The van der Waals surface area contributed by atoms with E-state index in [2.05, 4.69) is 4.72 Å². The lowest BCUT2D eigenvalue weighted by Crippen LogP contribution is -2.37. The third kappa shape index (κ3) is 7.00. The van der Waals surface area contributed by atoms with Crippen LogP contribution in [-0.2, 0) is 35.8 Å². The van der Waals surface area contributed by atoms with Gasteiger partial charge in [-0.25, -0.2) is 16.8 Å². The van der Waals surface area contributed by atoms with Gasteiger partial charge >= 0.3 is 0 Å². The van der Waals surface area contributed by atoms with Crippen LogP contribution in [-0.4, -0.2) is 68.4 Å². The van der Waals surface area contributed by atoms with E-state index in [9.17, 15) is 21.6 Å². The predicted octanol–water partition coefficient (Wildman–Crippen LogP) is 3.72. The molecule has 12 heteroatoms. The second-order valence-electron chi connectivity index (χ2n) is 9.22. The number of hydrogen-bond acceptors (Lipinski definition) is 8. The van der Waals surface area contributed by atoms with Crippen molar-refractivity contribution in [2.45, 2.75) is 18.2 Å². The van der Waals surface area contributed by atoms with E-state index in [1.807, 2.05) is 12.1 Å². The van der Waals surface area contributed by atoms with Crippen LogP contribution in [0.1, 0.15) is 22.8 Å². The average molecular weight is 589 g/mol. The first-order chi connectivity index (χ1) is 19.0. The fraction of sp³-hybridized carbons (Fsp3) is 0.321. The zero-order valence-corrected chi connectivity index (χ0v) is 24.2. The minimum atomic E-state index is -3.62. The Balaban J connectivity index is 1.55. The van der Waals surface area contributed by atoms with Crippen LogP contribution < -0.4 is 14.4 Å². The highest BCUT2D eigenvalue weighted by molar-refractivity contribution is 7.92. The molecule has 214 valence electrons. The lowest BCUT2D eigenvalue weighted by molar-refractivity contribution is -0.00814. The van der Waals surface area contributed by atoms with Crippen molar-refractivity contribution in [3.8, 4) is 16.9 Å². The van der Waals surface area contributed by atoms with Crippen LogP contribution in [0, 0.1) is 0 Å². The summed E-state index contributed by atoms with van der Waals surface area (Å²) in [6.07, 6.45) is 1.62. The van der Waals surface area contributed by atoms with Crippen LogP contribution in [0.3, 0.4) is 0 Å². The summed E-state index contributed by atoms with van der Waals surface area (Å²) in [6, 6.07) is 17.1. The zero-order chi connectivity index (χ0) is 28.9. The topological polar surface area (TPSA) is 128 Å². The van der Waals surface area contributed by atoms with Gasteiger partial charge in [-0.2, -0.15) is 0 Å². The molecule has 0 aromatic heterocycles. The number of anilines is 2. The minimum absolute atomic E-state index is 0.0364. The highest BCUT2D eigenvalue weighted by atomic mass is 32.2. The van der Waals surface area contributed by atoms with Gasteiger partial charge in [-0.3, -0.25) is 9.52 Å². The fourth-order valence-electron chi connectivity index (χ4n) is 4.33. The second kappa shape index (κ2) is 12.4. The van der Waals surface area contributed by atoms with E-state index < -0.39 is 19.9 Å². The number of carbonyl (C=O) groups excluding carboxylic acids is 1. The molecule has 40 heavy (non-hydrogen) atoms. The van der Waals surface area contributed by atoms with Crippen molar-refractivity contribution in [3.05, 3.63) is 71.8 Å². The Morgan fingerprint density at radius 1 is 0.925 bits per heavy atom. The van der Waals surface area contributed by atoms with Crippen LogP contribution >= 0.6 is 0 Å². The summed E-state index contributed by atoms with van der Waals surface area (Å²) in [5, 5.41) is 0. The Labute approximate surface area is 234 Å². The van der Waals surface area contributed by atoms with E-state index in [0.717, 1.165) is 22.9 Å². The molecule has 3 aromatic rings. The molecule has 3 aromatic carbocycles. The second-order valence-corrected chi connectivity index (χ2v) is 13.3. The van der Waals surface area contributed by atoms with Crippen molar-refractivity contribution < 1.29 is 35.8 Å². The largest absolute Gasteiger partial charge is 0.465 e. The molecule has 0 bridgehead atoms. The Bertz CT molecular complexity index is 1590. The van der Waals surface area contributed by atoms with E-state index in [1.165, 1.54) is 0 Å². The Morgan fingerprint density at radius 3 is 2.33 bits per heavy atom. The van der Waals surface area contributed by atoms with Crippen LogP contribution in [0.25, 0.3) is 11.1 Å². The summed E-state index contributed by atoms with van der Waals surface area (Å²) < 4.78 is 66.5. The first-order valence-electron chi connectivity index (χ1n) is 12.6. The van der Waals surface area contributed by atoms with Gasteiger partial charge in [-0.05, 0) is 59.5 Å². The van der Waals surface area contributed by atoms with Crippen LogP contribution in [0.2, 0.25) is 0 Å². The number of nitrogens with one attached hydrogen (secondary N) is 1. The van der Waals surface area contributed by atoms with Crippen molar-refractivity contribution in [3.63, 3.8) is 0 Å². The molecule has 1 aliphatic rings. The number of fused-ring (bicyclic) bond motifs is 1. The number of nitrogens with zero attached hydrogens (tertiary/aromatic N) is 1. The molecule has 0 spiro atoms. The molecule has 1 N–H and O–H groups in total. The van der Waals surface area contributed by atoms with E-state index in [1.54, 1.807) is 67.5 Å². The number of amides is 1. The van der Waals surface area contributed by atoms with E-state index in [4.69, 9.17) is 14.2 Å². The SMILES string of the molecule is CCS(=O)(=O)c1ccc(-c2ccc3c(c2)CCN(c2ccc(OCOCCOC)c(NS(C)(=O)=O)c2)C3=O)cc1. The van der Waals surface area contributed by atoms with Crippen LogP contribution in [0.15, 0.2) is 65.6 Å². The number of methoxy groups -OCH3 is 1. The molecule has 1 heterocycles. The Hall–Kier alpha value is -3.45. The first-order valence-corrected chi connectivity index (χ1v) is 16.2. The van der Waals surface area contributed by atoms with E-state index in [0.29, 0.717) is 37.4 Å². The third-order valence-corrected chi connectivity index (χ3v) is 8.75. The van der Waals surface area contributed by atoms with Gasteiger partial charge in [0.15, 0.2) is 16.6 Å². The molecule has 10 nitrogen and oxygen atoms in total. The maximum Gasteiger partial charge on any atom is 0.258 e. The molecule has 0 fully saturated rings. The summed E-state index contributed by atoms with van der Waals surface area (Å²) in [7, 11) is -5.35. The van der Waals surface area contributed by atoms with Gasteiger partial charge in [0.2, 0.25) is 10.0 Å². The van der Waals surface area contributed by atoms with Gasteiger partial charge in [-0.15, -0.1) is 0 Å². The highest BCUT2D eigenvalue weighted by Crippen LogP contribution is 2.34. The monoisotopic (exact) mass is 588 g/mol. The summed E-state index contributed by atoms with van der Waals surface area (Å²) in [4.78, 5) is 15.3. The van der Waals surface area contributed by atoms with E-state index >= 15 is 0 Å². The number of hydrogen-bond donors (Lipinski definition) is 1. The minimum Gasteiger partial charge on any atom is -0.465 e. The lowest BCUT2D eigenvalue weighted by Gasteiger charge is -2.29. The molecular formula is C28H32N2O8S2. The van der Waals surface area contributed by atoms with Gasteiger partial charge in [0, 0.05) is 24.9 Å². The van der Waals surface area contributed by atoms with Crippen molar-refractivity contribution >= 4 is 37.1 Å². The van der Waals surface area contributed by atoms with Crippen molar-refractivity contribution in [1.29, 1.82) is 0 Å². The zero-order valence-electron chi connectivity index (χ0n) is 22.5. The lowest BCUT2D eigenvalue weighted by atomic mass is 9.94. The normalized spacial score (nSPS) is 13.7. The van der Waals surface area contributed by atoms with Crippen molar-refractivity contribution in [1.82, 2.24) is 0 Å². The molecular weight excluding hydrogens is 556 g/mol. The average Bonchev–Trinajstić information content (AvgIpc) is 2.93. The molecule has 0 radical (unpaired) electrons. The molecule has 0 aliphatic carbocycles. The first kappa shape index (κ1) is 29.5. The smallest absolute Gasteiger partial charge is 0.258 e. The standard InChI is InChI=1S/C28H32N2O8S2/c1-4-40(34,35)24-9-5-20(6-10-24)21-7-11-25-22(17-21)13-14-30(28(25)31)23-8-12-27(38-19-37-16-15-36-2)26(18-23)29-39(3,32)33/h5-12,17-18,29H,4,13-16,19H2,1-3H3. The van der Waals surface area contributed by atoms with Gasteiger partial charge in [0.25, 0.3) is 5.91 Å². The molecule has 0 saturated carbocycles. The van der Waals surface area contributed by atoms with Crippen LogP contribution in [0.5, 0.6) is 5.75 Å². The summed E-state index contributed by atoms with van der Waals surface area (Å²) in [5.74, 6) is 0.0900.